The van der Waals surface area contributed by atoms with Crippen LogP contribution in [0.2, 0.25) is 10.0 Å². The lowest BCUT2D eigenvalue weighted by molar-refractivity contribution is 0.0635. The first-order valence-electron chi connectivity index (χ1n) is 6.92. The van der Waals surface area contributed by atoms with Gasteiger partial charge in [0.05, 0.1) is 27.6 Å². The molecule has 0 saturated heterocycles. The van der Waals surface area contributed by atoms with Crippen molar-refractivity contribution in [3.05, 3.63) is 46.6 Å². The molecule has 2 N–H and O–H groups in total. The Labute approximate surface area is 145 Å². The van der Waals surface area contributed by atoms with Gasteiger partial charge in [-0.15, -0.1) is 0 Å². The SMILES string of the molecule is CC(C)(C)OC(=O)Nc1ccc(Nc2c(Cl)cccc2Cl)cn1. The Kier molecular flexibility index (Phi) is 5.34. The first-order valence-corrected chi connectivity index (χ1v) is 7.67. The second-order valence-electron chi connectivity index (χ2n) is 5.78. The third kappa shape index (κ3) is 5.30. The fourth-order valence-corrected chi connectivity index (χ4v) is 2.20. The minimum atomic E-state index is -0.563. The summed E-state index contributed by atoms with van der Waals surface area (Å²) >= 11 is 12.2. The van der Waals surface area contributed by atoms with E-state index in [1.165, 1.54) is 0 Å². The van der Waals surface area contributed by atoms with Crippen LogP contribution in [0.4, 0.5) is 22.0 Å². The van der Waals surface area contributed by atoms with Crippen molar-refractivity contribution in [2.24, 2.45) is 0 Å². The molecular weight excluding hydrogens is 337 g/mol. The molecule has 2 rings (SSSR count). The fourth-order valence-electron chi connectivity index (χ4n) is 1.71. The van der Waals surface area contributed by atoms with Crippen molar-refractivity contribution in [3.63, 3.8) is 0 Å². The molecule has 23 heavy (non-hydrogen) atoms. The van der Waals surface area contributed by atoms with E-state index >= 15 is 0 Å². The molecule has 1 heterocycles. The van der Waals surface area contributed by atoms with Crippen molar-refractivity contribution in [1.82, 2.24) is 4.98 Å². The van der Waals surface area contributed by atoms with Gasteiger partial charge in [0, 0.05) is 0 Å². The van der Waals surface area contributed by atoms with Crippen LogP contribution in [0.3, 0.4) is 0 Å². The predicted octanol–water partition coefficient (Wildman–Crippen LogP) is 5.48. The highest BCUT2D eigenvalue weighted by Crippen LogP contribution is 2.32. The lowest BCUT2D eigenvalue weighted by atomic mass is 10.2. The Morgan fingerprint density at radius 2 is 1.78 bits per heavy atom. The number of carbonyl (C=O) groups is 1. The normalized spacial score (nSPS) is 11.0. The molecule has 0 atom stereocenters. The average molecular weight is 354 g/mol. The molecule has 1 amide bonds. The number of hydrogen-bond donors (Lipinski definition) is 2. The Bertz CT molecular complexity index is 677. The van der Waals surface area contributed by atoms with Gasteiger partial charge in [-0.25, -0.2) is 9.78 Å². The van der Waals surface area contributed by atoms with Gasteiger partial charge in [-0.1, -0.05) is 29.3 Å². The predicted molar refractivity (Wildman–Crippen MR) is 93.8 cm³/mol. The molecule has 5 nitrogen and oxygen atoms in total. The number of rotatable bonds is 3. The van der Waals surface area contributed by atoms with E-state index in [2.05, 4.69) is 15.6 Å². The Morgan fingerprint density at radius 1 is 1.13 bits per heavy atom. The van der Waals surface area contributed by atoms with Gasteiger partial charge < -0.3 is 10.1 Å². The number of pyridine rings is 1. The number of benzene rings is 1. The van der Waals surface area contributed by atoms with Crippen molar-refractivity contribution >= 4 is 46.5 Å². The van der Waals surface area contributed by atoms with E-state index in [0.29, 0.717) is 27.2 Å². The van der Waals surface area contributed by atoms with Crippen LogP contribution in [-0.2, 0) is 4.74 Å². The number of amides is 1. The molecular formula is C16H17Cl2N3O2. The maximum atomic E-state index is 11.7. The van der Waals surface area contributed by atoms with Gasteiger partial charge in [-0.2, -0.15) is 0 Å². The van der Waals surface area contributed by atoms with Crippen molar-refractivity contribution in [1.29, 1.82) is 0 Å². The van der Waals surface area contributed by atoms with Gasteiger partial charge in [0.1, 0.15) is 11.4 Å². The monoisotopic (exact) mass is 353 g/mol. The lowest BCUT2D eigenvalue weighted by Gasteiger charge is -2.19. The molecule has 0 spiro atoms. The summed E-state index contributed by atoms with van der Waals surface area (Å²) in [6.07, 6.45) is 1.01. The smallest absolute Gasteiger partial charge is 0.413 e. The number of anilines is 3. The van der Waals surface area contributed by atoms with Crippen molar-refractivity contribution in [2.75, 3.05) is 10.6 Å². The number of carbonyl (C=O) groups excluding carboxylic acids is 1. The average Bonchev–Trinajstić information content (AvgIpc) is 2.43. The number of hydrogen-bond acceptors (Lipinski definition) is 4. The molecule has 0 bridgehead atoms. The third-order valence-corrected chi connectivity index (χ3v) is 3.25. The highest BCUT2D eigenvalue weighted by atomic mass is 35.5. The van der Waals surface area contributed by atoms with Crippen LogP contribution >= 0.6 is 23.2 Å². The molecule has 0 aliphatic heterocycles. The van der Waals surface area contributed by atoms with Gasteiger partial charge in [0.15, 0.2) is 0 Å². The van der Waals surface area contributed by atoms with E-state index in [4.69, 9.17) is 27.9 Å². The zero-order valence-corrected chi connectivity index (χ0v) is 14.5. The molecule has 122 valence electrons. The standard InChI is InChI=1S/C16H17Cl2N3O2/c1-16(2,3)23-15(22)21-13-8-7-10(9-19-13)20-14-11(17)5-4-6-12(14)18/h4-9,20H,1-3H3,(H,19,21,22). The molecule has 0 aliphatic carbocycles. The highest BCUT2D eigenvalue weighted by Gasteiger charge is 2.16. The summed E-state index contributed by atoms with van der Waals surface area (Å²) in [5, 5.41) is 6.66. The summed E-state index contributed by atoms with van der Waals surface area (Å²) in [5.74, 6) is 0.384. The quantitative estimate of drug-likeness (QED) is 0.766. The largest absolute Gasteiger partial charge is 0.444 e. The molecule has 0 unspecified atom stereocenters. The summed E-state index contributed by atoms with van der Waals surface area (Å²) in [6, 6.07) is 8.64. The van der Waals surface area contributed by atoms with E-state index < -0.39 is 11.7 Å². The number of nitrogens with zero attached hydrogens (tertiary/aromatic N) is 1. The third-order valence-electron chi connectivity index (χ3n) is 2.62. The van der Waals surface area contributed by atoms with E-state index in [-0.39, 0.29) is 0 Å². The van der Waals surface area contributed by atoms with Gasteiger partial charge in [0.2, 0.25) is 0 Å². The summed E-state index contributed by atoms with van der Waals surface area (Å²) in [4.78, 5) is 15.8. The van der Waals surface area contributed by atoms with Crippen LogP contribution in [0.25, 0.3) is 0 Å². The minimum absolute atomic E-state index is 0.384. The topological polar surface area (TPSA) is 63.2 Å². The van der Waals surface area contributed by atoms with Gasteiger partial charge in [-0.3, -0.25) is 5.32 Å². The summed E-state index contributed by atoms with van der Waals surface area (Å²) in [7, 11) is 0. The van der Waals surface area contributed by atoms with E-state index in [9.17, 15) is 4.79 Å². The van der Waals surface area contributed by atoms with Crippen molar-refractivity contribution < 1.29 is 9.53 Å². The first kappa shape index (κ1) is 17.4. The molecule has 0 saturated carbocycles. The number of aromatic nitrogens is 1. The minimum Gasteiger partial charge on any atom is -0.444 e. The zero-order valence-electron chi connectivity index (χ0n) is 13.0. The van der Waals surface area contributed by atoms with Crippen molar-refractivity contribution in [3.8, 4) is 0 Å². The second-order valence-corrected chi connectivity index (χ2v) is 6.60. The van der Waals surface area contributed by atoms with Gasteiger partial charge >= 0.3 is 6.09 Å². The molecule has 0 aliphatic rings. The van der Waals surface area contributed by atoms with E-state index in [0.717, 1.165) is 0 Å². The molecule has 0 fully saturated rings. The Morgan fingerprint density at radius 3 is 2.30 bits per heavy atom. The van der Waals surface area contributed by atoms with Crippen LogP contribution in [0, 0.1) is 0 Å². The maximum absolute atomic E-state index is 11.7. The summed E-state index contributed by atoms with van der Waals surface area (Å²) in [6.45, 7) is 5.38. The Balaban J connectivity index is 2.04. The summed E-state index contributed by atoms with van der Waals surface area (Å²) < 4.78 is 5.16. The molecule has 2 aromatic rings. The molecule has 1 aromatic heterocycles. The first-order chi connectivity index (χ1) is 10.7. The van der Waals surface area contributed by atoms with E-state index in [1.807, 2.05) is 0 Å². The number of halogens is 2. The summed E-state index contributed by atoms with van der Waals surface area (Å²) in [5.41, 5.74) is 0.729. The van der Waals surface area contributed by atoms with Crippen LogP contribution in [0.1, 0.15) is 20.8 Å². The number of ether oxygens (including phenoxy) is 1. The molecule has 0 radical (unpaired) electrons. The van der Waals surface area contributed by atoms with Crippen LogP contribution in [-0.4, -0.2) is 16.7 Å². The van der Waals surface area contributed by atoms with Gasteiger partial charge in [0.25, 0.3) is 0 Å². The Hall–Kier alpha value is -1.98. The number of nitrogens with one attached hydrogen (secondary N) is 2. The fraction of sp³-hybridized carbons (Fsp3) is 0.250. The molecule has 7 heteroatoms. The highest BCUT2D eigenvalue weighted by molar-refractivity contribution is 6.39. The second kappa shape index (κ2) is 7.06. The number of para-hydroxylation sites is 1. The van der Waals surface area contributed by atoms with E-state index in [1.54, 1.807) is 57.3 Å². The zero-order chi connectivity index (χ0) is 17.0. The van der Waals surface area contributed by atoms with Crippen LogP contribution in [0.5, 0.6) is 0 Å². The van der Waals surface area contributed by atoms with Crippen molar-refractivity contribution in [2.45, 2.75) is 26.4 Å². The van der Waals surface area contributed by atoms with Crippen LogP contribution in [0.15, 0.2) is 36.5 Å². The van der Waals surface area contributed by atoms with Crippen LogP contribution < -0.4 is 10.6 Å². The van der Waals surface area contributed by atoms with Gasteiger partial charge in [-0.05, 0) is 45.0 Å². The molecule has 1 aromatic carbocycles. The lowest BCUT2D eigenvalue weighted by Crippen LogP contribution is -2.27. The maximum Gasteiger partial charge on any atom is 0.413 e.